The van der Waals surface area contributed by atoms with Gasteiger partial charge in [0.2, 0.25) is 5.91 Å². The van der Waals surface area contributed by atoms with Crippen LogP contribution in [0.25, 0.3) is 0 Å². The zero-order valence-electron chi connectivity index (χ0n) is 15.0. The second-order valence-corrected chi connectivity index (χ2v) is 7.35. The Labute approximate surface area is 148 Å². The van der Waals surface area contributed by atoms with Crippen LogP contribution in [0.3, 0.4) is 0 Å². The molecule has 134 valence electrons. The highest BCUT2D eigenvalue weighted by atomic mass is 16.2. The van der Waals surface area contributed by atoms with E-state index < -0.39 is 11.6 Å². The zero-order chi connectivity index (χ0) is 18.2. The molecule has 0 bridgehead atoms. The van der Waals surface area contributed by atoms with Gasteiger partial charge in [-0.05, 0) is 36.8 Å². The fourth-order valence-corrected chi connectivity index (χ4v) is 3.80. The lowest BCUT2D eigenvalue weighted by atomic mass is 9.98. The smallest absolute Gasteiger partial charge is 0.324 e. The molecule has 1 heterocycles. The SMILES string of the molecule is Cc1cccc(C(C)C)c1NC(=O)CN1C(=O)NC2(CCCC2)C1=O. The van der Waals surface area contributed by atoms with Gasteiger partial charge in [0.05, 0.1) is 0 Å². The van der Waals surface area contributed by atoms with Gasteiger partial charge in [-0.2, -0.15) is 0 Å². The lowest BCUT2D eigenvalue weighted by Crippen LogP contribution is -2.44. The summed E-state index contributed by atoms with van der Waals surface area (Å²) in [5, 5.41) is 5.69. The summed E-state index contributed by atoms with van der Waals surface area (Å²) in [6.07, 6.45) is 3.16. The van der Waals surface area contributed by atoms with Crippen molar-refractivity contribution in [2.45, 2.75) is 57.9 Å². The molecule has 1 aliphatic heterocycles. The van der Waals surface area contributed by atoms with Crippen LogP contribution in [0.15, 0.2) is 18.2 Å². The van der Waals surface area contributed by atoms with E-state index in [1.54, 1.807) is 0 Å². The Morgan fingerprint density at radius 3 is 2.60 bits per heavy atom. The number of rotatable bonds is 4. The summed E-state index contributed by atoms with van der Waals surface area (Å²) in [6.45, 7) is 5.80. The Morgan fingerprint density at radius 1 is 1.28 bits per heavy atom. The molecule has 0 atom stereocenters. The number of imide groups is 1. The van der Waals surface area contributed by atoms with Crippen molar-refractivity contribution < 1.29 is 14.4 Å². The van der Waals surface area contributed by atoms with Crippen LogP contribution in [-0.4, -0.2) is 34.8 Å². The van der Waals surface area contributed by atoms with Gasteiger partial charge >= 0.3 is 6.03 Å². The molecule has 6 heteroatoms. The van der Waals surface area contributed by atoms with E-state index >= 15 is 0 Å². The van der Waals surface area contributed by atoms with Crippen LogP contribution >= 0.6 is 0 Å². The van der Waals surface area contributed by atoms with Gasteiger partial charge in [0.25, 0.3) is 5.91 Å². The van der Waals surface area contributed by atoms with Crippen LogP contribution in [0, 0.1) is 6.92 Å². The highest BCUT2D eigenvalue weighted by molar-refractivity contribution is 6.10. The first-order valence-electron chi connectivity index (χ1n) is 8.87. The van der Waals surface area contributed by atoms with E-state index in [1.807, 2.05) is 25.1 Å². The van der Waals surface area contributed by atoms with Gasteiger partial charge in [-0.1, -0.05) is 44.9 Å². The molecule has 1 saturated heterocycles. The van der Waals surface area contributed by atoms with E-state index in [-0.39, 0.29) is 24.3 Å². The van der Waals surface area contributed by atoms with Gasteiger partial charge in [0, 0.05) is 5.69 Å². The minimum atomic E-state index is -0.775. The highest BCUT2D eigenvalue weighted by Crippen LogP contribution is 2.35. The molecule has 3 rings (SSSR count). The van der Waals surface area contributed by atoms with Gasteiger partial charge in [0.1, 0.15) is 12.1 Å². The molecule has 1 aromatic carbocycles. The van der Waals surface area contributed by atoms with Crippen LogP contribution < -0.4 is 10.6 Å². The number of urea groups is 1. The van der Waals surface area contributed by atoms with Gasteiger partial charge in [-0.15, -0.1) is 0 Å². The molecule has 2 fully saturated rings. The minimum Gasteiger partial charge on any atom is -0.324 e. The maximum Gasteiger partial charge on any atom is 0.325 e. The fourth-order valence-electron chi connectivity index (χ4n) is 3.80. The van der Waals surface area contributed by atoms with Crippen molar-refractivity contribution in [3.05, 3.63) is 29.3 Å². The molecule has 1 saturated carbocycles. The quantitative estimate of drug-likeness (QED) is 0.825. The Morgan fingerprint density at radius 2 is 1.96 bits per heavy atom. The fraction of sp³-hybridized carbons (Fsp3) is 0.526. The lowest BCUT2D eigenvalue weighted by molar-refractivity contribution is -0.133. The predicted molar refractivity (Wildman–Crippen MR) is 95.3 cm³/mol. The first-order valence-corrected chi connectivity index (χ1v) is 8.87. The van der Waals surface area contributed by atoms with Gasteiger partial charge in [0.15, 0.2) is 0 Å². The Hall–Kier alpha value is -2.37. The summed E-state index contributed by atoms with van der Waals surface area (Å²) in [4.78, 5) is 38.4. The Balaban J connectivity index is 1.74. The molecule has 0 aromatic heterocycles. The standard InChI is InChI=1S/C19H25N3O3/c1-12(2)14-8-6-7-13(3)16(14)20-15(23)11-22-17(24)19(21-18(22)25)9-4-5-10-19/h6-8,12H,4-5,9-11H2,1-3H3,(H,20,23)(H,21,25). The van der Waals surface area contributed by atoms with Crippen LogP contribution in [0.5, 0.6) is 0 Å². The average molecular weight is 343 g/mol. The van der Waals surface area contributed by atoms with E-state index in [0.717, 1.165) is 34.6 Å². The van der Waals surface area contributed by atoms with Crippen molar-refractivity contribution in [3.63, 3.8) is 0 Å². The number of nitrogens with zero attached hydrogens (tertiary/aromatic N) is 1. The molecular weight excluding hydrogens is 318 g/mol. The monoisotopic (exact) mass is 343 g/mol. The minimum absolute atomic E-state index is 0.252. The number of amides is 4. The van der Waals surface area contributed by atoms with Crippen molar-refractivity contribution in [1.29, 1.82) is 0 Å². The molecule has 0 unspecified atom stereocenters. The first-order chi connectivity index (χ1) is 11.8. The van der Waals surface area contributed by atoms with Crippen LogP contribution in [0.2, 0.25) is 0 Å². The number of carbonyl (C=O) groups excluding carboxylic acids is 3. The summed E-state index contributed by atoms with van der Waals surface area (Å²) in [5.41, 5.74) is 2.00. The van der Waals surface area contributed by atoms with Gasteiger partial charge in [-0.25, -0.2) is 4.79 Å². The molecular formula is C19H25N3O3. The zero-order valence-corrected chi connectivity index (χ0v) is 15.0. The Kier molecular flexibility index (Phi) is 4.54. The van der Waals surface area contributed by atoms with Gasteiger partial charge < -0.3 is 10.6 Å². The molecule has 1 aliphatic carbocycles. The number of carbonyl (C=O) groups is 3. The Bertz CT molecular complexity index is 721. The number of aryl methyl sites for hydroxylation is 1. The van der Waals surface area contributed by atoms with E-state index in [0.29, 0.717) is 12.8 Å². The molecule has 25 heavy (non-hydrogen) atoms. The molecule has 4 amide bonds. The normalized spacial score (nSPS) is 19.0. The average Bonchev–Trinajstić information content (AvgIpc) is 3.10. The second kappa shape index (κ2) is 6.50. The summed E-state index contributed by atoms with van der Waals surface area (Å²) < 4.78 is 0. The maximum atomic E-state index is 12.6. The second-order valence-electron chi connectivity index (χ2n) is 7.35. The first kappa shape index (κ1) is 17.5. The topological polar surface area (TPSA) is 78.5 Å². The third kappa shape index (κ3) is 3.13. The number of benzene rings is 1. The summed E-state index contributed by atoms with van der Waals surface area (Å²) in [7, 11) is 0. The van der Waals surface area contributed by atoms with Crippen molar-refractivity contribution in [2.75, 3.05) is 11.9 Å². The number of para-hydroxylation sites is 1. The number of nitrogens with one attached hydrogen (secondary N) is 2. The summed E-state index contributed by atoms with van der Waals surface area (Å²) in [6, 6.07) is 5.41. The number of hydrogen-bond acceptors (Lipinski definition) is 3. The predicted octanol–water partition coefficient (Wildman–Crippen LogP) is 2.92. The van der Waals surface area contributed by atoms with E-state index in [4.69, 9.17) is 0 Å². The largest absolute Gasteiger partial charge is 0.325 e. The van der Waals surface area contributed by atoms with Crippen molar-refractivity contribution >= 4 is 23.5 Å². The third-order valence-corrected chi connectivity index (χ3v) is 5.20. The van der Waals surface area contributed by atoms with Gasteiger partial charge in [-0.3, -0.25) is 14.5 Å². The molecule has 2 N–H and O–H groups in total. The van der Waals surface area contributed by atoms with Crippen LogP contribution in [0.4, 0.5) is 10.5 Å². The molecule has 2 aliphatic rings. The number of anilines is 1. The third-order valence-electron chi connectivity index (χ3n) is 5.20. The number of hydrogen-bond donors (Lipinski definition) is 2. The van der Waals surface area contributed by atoms with Crippen LogP contribution in [0.1, 0.15) is 56.6 Å². The van der Waals surface area contributed by atoms with Crippen molar-refractivity contribution in [3.8, 4) is 0 Å². The van der Waals surface area contributed by atoms with Crippen molar-refractivity contribution in [2.24, 2.45) is 0 Å². The van der Waals surface area contributed by atoms with E-state index in [1.165, 1.54) is 0 Å². The summed E-state index contributed by atoms with van der Waals surface area (Å²) >= 11 is 0. The molecule has 0 radical (unpaired) electrons. The van der Waals surface area contributed by atoms with Crippen molar-refractivity contribution in [1.82, 2.24) is 10.2 Å². The van der Waals surface area contributed by atoms with E-state index in [2.05, 4.69) is 24.5 Å². The lowest BCUT2D eigenvalue weighted by Gasteiger charge is -2.20. The molecule has 6 nitrogen and oxygen atoms in total. The summed E-state index contributed by atoms with van der Waals surface area (Å²) in [5.74, 6) is -0.359. The highest BCUT2D eigenvalue weighted by Gasteiger charge is 2.52. The van der Waals surface area contributed by atoms with E-state index in [9.17, 15) is 14.4 Å². The molecule has 1 aromatic rings. The maximum absolute atomic E-state index is 12.6. The molecule has 1 spiro atoms. The van der Waals surface area contributed by atoms with Crippen LogP contribution in [-0.2, 0) is 9.59 Å².